The smallest absolute Gasteiger partial charge is 0.394 e. The van der Waals surface area contributed by atoms with Crippen molar-refractivity contribution in [2.45, 2.75) is 108 Å². The lowest BCUT2D eigenvalue weighted by Gasteiger charge is -2.58. The number of hydrogen-bond acceptors (Lipinski definition) is 7. The average molecular weight is 702 g/mol. The maximum atomic E-state index is 14.4. The van der Waals surface area contributed by atoms with Crippen LogP contribution >= 0.6 is 0 Å². The number of aryl methyl sites for hydroxylation is 2. The second kappa shape index (κ2) is 12.9. The SMILES string of the molecule is CC(C)N.Cc1cccc(C)c1-c1cc2nc(n1)NS(=O)(=O)c1cccc(c1)C(=O)N(C1CC3(CCC3)C1)[C@H](CC1(C(F)(F)F)CC1)CO2.[HH]. The van der Waals surface area contributed by atoms with Crippen LogP contribution in [0.2, 0.25) is 0 Å². The molecule has 1 aliphatic heterocycles. The number of benzene rings is 2. The lowest BCUT2D eigenvalue weighted by atomic mass is 9.53. The third-order valence-electron chi connectivity index (χ3n) is 10.3. The van der Waals surface area contributed by atoms with Crippen molar-refractivity contribution in [3.8, 4) is 17.1 Å². The van der Waals surface area contributed by atoms with Crippen LogP contribution in [0.25, 0.3) is 11.3 Å². The number of ether oxygens (including phenoxy) is 1. The van der Waals surface area contributed by atoms with Crippen molar-refractivity contribution >= 4 is 21.9 Å². The van der Waals surface area contributed by atoms with Crippen molar-refractivity contribution < 1.29 is 32.5 Å². The van der Waals surface area contributed by atoms with Gasteiger partial charge in [0.05, 0.1) is 22.0 Å². The summed E-state index contributed by atoms with van der Waals surface area (Å²) in [6.45, 7) is 7.46. The molecule has 3 aromatic rings. The molecule has 49 heavy (non-hydrogen) atoms. The van der Waals surface area contributed by atoms with Gasteiger partial charge in [-0.15, -0.1) is 0 Å². The summed E-state index contributed by atoms with van der Waals surface area (Å²) in [5.41, 5.74) is 6.40. The Morgan fingerprint density at radius 2 is 1.67 bits per heavy atom. The number of carbonyl (C=O) groups excluding carboxylic acids is 1. The van der Waals surface area contributed by atoms with Crippen LogP contribution in [0.15, 0.2) is 53.4 Å². The first-order valence-corrected chi connectivity index (χ1v) is 18.4. The Morgan fingerprint density at radius 3 is 2.24 bits per heavy atom. The molecule has 1 aromatic heterocycles. The van der Waals surface area contributed by atoms with E-state index in [-0.39, 0.29) is 61.0 Å². The Labute approximate surface area is 287 Å². The third kappa shape index (κ3) is 7.15. The zero-order valence-corrected chi connectivity index (χ0v) is 29.1. The largest absolute Gasteiger partial charge is 0.475 e. The van der Waals surface area contributed by atoms with Crippen LogP contribution in [0, 0.1) is 24.7 Å². The minimum absolute atomic E-state index is 0. The van der Waals surface area contributed by atoms with Gasteiger partial charge in [-0.25, -0.2) is 18.1 Å². The zero-order valence-electron chi connectivity index (χ0n) is 28.3. The number of nitrogens with two attached hydrogens (primary N) is 1. The van der Waals surface area contributed by atoms with Crippen LogP contribution in [-0.4, -0.2) is 60.1 Å². The molecule has 9 nitrogen and oxygen atoms in total. The van der Waals surface area contributed by atoms with Gasteiger partial charge in [-0.3, -0.25) is 4.79 Å². The van der Waals surface area contributed by atoms with Crippen LogP contribution in [0.5, 0.6) is 5.88 Å². The average Bonchev–Trinajstić information content (AvgIpc) is 3.76. The van der Waals surface area contributed by atoms with E-state index in [1.807, 2.05) is 45.9 Å². The van der Waals surface area contributed by atoms with E-state index in [9.17, 15) is 26.4 Å². The van der Waals surface area contributed by atoms with E-state index in [0.717, 1.165) is 36.0 Å². The first-order valence-electron chi connectivity index (χ1n) is 16.9. The number of alkyl halides is 3. The summed E-state index contributed by atoms with van der Waals surface area (Å²) in [6.07, 6.45) is -0.116. The lowest BCUT2D eigenvalue weighted by Crippen LogP contribution is -2.60. The second-order valence-corrected chi connectivity index (χ2v) is 16.3. The Morgan fingerprint density at radius 1 is 1.04 bits per heavy atom. The molecule has 3 saturated carbocycles. The molecule has 2 aromatic carbocycles. The fraction of sp³-hybridized carbons (Fsp3) is 0.528. The quantitative estimate of drug-likeness (QED) is 0.290. The van der Waals surface area contributed by atoms with E-state index in [2.05, 4.69) is 14.7 Å². The number of rotatable bonds is 4. The van der Waals surface area contributed by atoms with Crippen molar-refractivity contribution in [1.82, 2.24) is 14.9 Å². The van der Waals surface area contributed by atoms with Crippen molar-refractivity contribution in [3.05, 3.63) is 65.2 Å². The number of anilines is 1. The summed E-state index contributed by atoms with van der Waals surface area (Å²) in [7, 11) is -4.25. The van der Waals surface area contributed by atoms with Gasteiger partial charge in [0.1, 0.15) is 6.61 Å². The molecule has 3 N–H and O–H groups in total. The van der Waals surface area contributed by atoms with Crippen LogP contribution in [-0.2, 0) is 10.0 Å². The Bertz CT molecular complexity index is 1820. The number of carbonyl (C=O) groups is 1. The number of aromatic nitrogens is 2. The molecule has 1 spiro atoms. The van der Waals surface area contributed by atoms with Gasteiger partial charge < -0.3 is 15.4 Å². The van der Waals surface area contributed by atoms with Gasteiger partial charge in [0.25, 0.3) is 15.9 Å². The molecule has 0 radical (unpaired) electrons. The lowest BCUT2D eigenvalue weighted by molar-refractivity contribution is -0.194. The maximum Gasteiger partial charge on any atom is 0.394 e. The molecule has 3 fully saturated rings. The minimum Gasteiger partial charge on any atom is -0.475 e. The number of halogens is 3. The molecule has 1 amide bonds. The van der Waals surface area contributed by atoms with E-state index >= 15 is 0 Å². The van der Waals surface area contributed by atoms with Crippen LogP contribution in [0.1, 0.15) is 88.1 Å². The van der Waals surface area contributed by atoms with Crippen LogP contribution in [0.4, 0.5) is 19.1 Å². The zero-order chi connectivity index (χ0) is 35.4. The predicted molar refractivity (Wildman–Crippen MR) is 183 cm³/mol. The van der Waals surface area contributed by atoms with E-state index in [1.54, 1.807) is 11.0 Å². The molecule has 4 aliphatic rings. The molecular weight excluding hydrogens is 655 g/mol. The van der Waals surface area contributed by atoms with Crippen LogP contribution in [0.3, 0.4) is 0 Å². The monoisotopic (exact) mass is 701 g/mol. The summed E-state index contributed by atoms with van der Waals surface area (Å²) in [5, 5.41) is 0. The van der Waals surface area contributed by atoms with Crippen molar-refractivity contribution in [3.63, 3.8) is 0 Å². The van der Waals surface area contributed by atoms with E-state index < -0.39 is 33.6 Å². The highest BCUT2D eigenvalue weighted by molar-refractivity contribution is 7.92. The van der Waals surface area contributed by atoms with Gasteiger partial charge in [0.15, 0.2) is 0 Å². The topological polar surface area (TPSA) is 128 Å². The summed E-state index contributed by atoms with van der Waals surface area (Å²) in [5.74, 6) is -0.731. The second-order valence-electron chi connectivity index (χ2n) is 14.6. The molecule has 0 unspecified atom stereocenters. The van der Waals surface area contributed by atoms with Gasteiger partial charge in [-0.1, -0.05) is 44.5 Å². The number of hydrogen-bond donors (Lipinski definition) is 2. The normalized spacial score (nSPS) is 22.2. The third-order valence-corrected chi connectivity index (χ3v) is 11.7. The van der Waals surface area contributed by atoms with E-state index in [1.165, 1.54) is 24.3 Å². The molecule has 2 heterocycles. The van der Waals surface area contributed by atoms with Gasteiger partial charge >= 0.3 is 6.18 Å². The number of nitrogens with one attached hydrogen (secondary N) is 1. The standard InChI is InChI=1S/C33H35F3N4O4S.C3H9N.H2/c1-20-6-3-7-21(2)28(20)26-15-27-38-30(37-26)39-45(42,43)25-9-4-8-22(14-25)29(41)40(23-16-31(17-23)10-5-11-31)24(19-44-27)18-32(12-13-32)33(34,35)36;1-3(2)4;/h3-4,6-9,14-15,23-24H,5,10-13,16-19H2,1-2H3,(H,37,38,39);3H,4H2,1-2H3;1H/t24-;;/m1../s1. The molecule has 3 aliphatic carbocycles. The highest BCUT2D eigenvalue weighted by atomic mass is 32.2. The van der Waals surface area contributed by atoms with Gasteiger partial charge in [-0.2, -0.15) is 18.2 Å². The Balaban J connectivity index is 0.000000924. The summed E-state index contributed by atoms with van der Waals surface area (Å²) < 4.78 is 78.8. The first kappa shape index (κ1) is 35.1. The molecule has 0 saturated heterocycles. The number of sulfonamides is 1. The van der Waals surface area contributed by atoms with Crippen molar-refractivity contribution in [1.29, 1.82) is 0 Å². The predicted octanol–water partition coefficient (Wildman–Crippen LogP) is 7.43. The Hall–Kier alpha value is -3.71. The number of fused-ring (bicyclic) bond motifs is 4. The highest BCUT2D eigenvalue weighted by Crippen LogP contribution is 2.62. The first-order chi connectivity index (χ1) is 23.0. The fourth-order valence-corrected chi connectivity index (χ4v) is 8.48. The summed E-state index contributed by atoms with van der Waals surface area (Å²) in [6, 6.07) is 12.0. The van der Waals surface area contributed by atoms with Crippen molar-refractivity contribution in [2.75, 3.05) is 11.3 Å². The molecular formula is C36H46F3N5O4S. The molecule has 266 valence electrons. The van der Waals surface area contributed by atoms with Gasteiger partial charge in [-0.05, 0) is 99.6 Å². The summed E-state index contributed by atoms with van der Waals surface area (Å²) >= 11 is 0. The van der Waals surface area contributed by atoms with E-state index in [0.29, 0.717) is 24.6 Å². The number of nitrogens with zero attached hydrogens (tertiary/aromatic N) is 3. The van der Waals surface area contributed by atoms with Gasteiger partial charge in [0, 0.05) is 24.7 Å². The summed E-state index contributed by atoms with van der Waals surface area (Å²) in [4.78, 5) is 24.5. The minimum atomic E-state index is -4.42. The molecule has 7 rings (SSSR count). The highest BCUT2D eigenvalue weighted by Gasteiger charge is 2.64. The maximum absolute atomic E-state index is 14.4. The Kier molecular flexibility index (Phi) is 9.23. The van der Waals surface area contributed by atoms with Crippen molar-refractivity contribution in [2.24, 2.45) is 16.6 Å². The molecule has 13 heteroatoms. The number of amides is 1. The van der Waals surface area contributed by atoms with Gasteiger partial charge in [0.2, 0.25) is 11.8 Å². The molecule has 4 bridgehead atoms. The van der Waals surface area contributed by atoms with E-state index in [4.69, 9.17) is 10.5 Å². The fourth-order valence-electron chi connectivity index (χ4n) is 7.49. The van der Waals surface area contributed by atoms with Crippen LogP contribution < -0.4 is 15.2 Å². The molecule has 1 atom stereocenters.